The lowest BCUT2D eigenvalue weighted by Crippen LogP contribution is -2.41. The molecule has 2 aliphatic heterocycles. The Hall–Kier alpha value is -1.41. The van der Waals surface area contributed by atoms with Gasteiger partial charge in [0.1, 0.15) is 0 Å². The average Bonchev–Trinajstić information content (AvgIpc) is 2.83. The van der Waals surface area contributed by atoms with Crippen LogP contribution in [0.25, 0.3) is 0 Å². The lowest BCUT2D eigenvalue weighted by Gasteiger charge is -2.33. The fraction of sp³-hybridized carbons (Fsp3) is 0.850. The van der Waals surface area contributed by atoms with E-state index < -0.39 is 23.6 Å². The van der Waals surface area contributed by atoms with E-state index in [9.17, 15) is 9.59 Å². The number of carbonyl (C=O) groups is 2. The number of rotatable bonds is 1. The maximum atomic E-state index is 12.0. The zero-order chi connectivity index (χ0) is 21.0. The van der Waals surface area contributed by atoms with Gasteiger partial charge in [-0.05, 0) is 47.0 Å². The van der Waals surface area contributed by atoms with Crippen LogP contribution in [0.4, 0.5) is 0 Å². The van der Waals surface area contributed by atoms with Crippen molar-refractivity contribution in [3.8, 4) is 0 Å². The quantitative estimate of drug-likeness (QED) is 0.500. The van der Waals surface area contributed by atoms with Crippen molar-refractivity contribution >= 4 is 24.8 Å². The number of cyclic esters (lactones) is 2. The van der Waals surface area contributed by atoms with Gasteiger partial charge in [0.2, 0.25) is 0 Å². The van der Waals surface area contributed by atoms with E-state index in [1.165, 1.54) is 0 Å². The molecule has 1 unspecified atom stereocenters. The van der Waals surface area contributed by atoms with Crippen LogP contribution in [0.1, 0.15) is 73.1 Å². The van der Waals surface area contributed by atoms with Gasteiger partial charge in [-0.1, -0.05) is 6.92 Å². The number of esters is 2. The molecule has 7 nitrogen and oxygen atoms in total. The number of hydrogen-bond donors (Lipinski definition) is 0. The minimum atomic E-state index is -0.614. The fourth-order valence-electron chi connectivity index (χ4n) is 3.48. The maximum absolute atomic E-state index is 12.0. The van der Waals surface area contributed by atoms with E-state index in [1.807, 2.05) is 34.6 Å². The molecule has 28 heavy (non-hydrogen) atoms. The number of aliphatic imine (C=N–C) groups is 1. The van der Waals surface area contributed by atoms with E-state index in [0.717, 1.165) is 5.71 Å². The summed E-state index contributed by atoms with van der Waals surface area (Å²) in [5.41, 5.74) is -0.143. The Morgan fingerprint density at radius 1 is 0.821 bits per heavy atom. The van der Waals surface area contributed by atoms with Gasteiger partial charge in [0, 0.05) is 37.3 Å². The zero-order valence-corrected chi connectivity index (χ0v) is 18.1. The van der Waals surface area contributed by atoms with Crippen LogP contribution >= 0.6 is 0 Å². The first-order valence-corrected chi connectivity index (χ1v) is 10.1. The number of nitrogens with zero attached hydrogens (tertiary/aromatic N) is 1. The number of ether oxygens (including phenoxy) is 2. The summed E-state index contributed by atoms with van der Waals surface area (Å²) in [5.74, 6) is -0.505. The molecule has 0 aliphatic carbocycles. The summed E-state index contributed by atoms with van der Waals surface area (Å²) in [6, 6.07) is 0. The Kier molecular flexibility index (Phi) is 7.31. The van der Waals surface area contributed by atoms with Crippen LogP contribution in [0, 0.1) is 0 Å². The molecule has 1 atom stereocenters. The van der Waals surface area contributed by atoms with Crippen LogP contribution in [-0.2, 0) is 28.4 Å². The molecule has 2 saturated heterocycles. The lowest BCUT2D eigenvalue weighted by atomic mass is 9.53. The molecule has 8 heteroatoms. The van der Waals surface area contributed by atoms with Crippen molar-refractivity contribution in [1.29, 1.82) is 0 Å². The Labute approximate surface area is 168 Å². The summed E-state index contributed by atoms with van der Waals surface area (Å²) in [5, 5.41) is -0.614. The van der Waals surface area contributed by atoms with E-state index in [4.69, 9.17) is 18.8 Å². The summed E-state index contributed by atoms with van der Waals surface area (Å²) < 4.78 is 23.4. The predicted octanol–water partition coefficient (Wildman–Crippen LogP) is 3.35. The van der Waals surface area contributed by atoms with E-state index in [1.54, 1.807) is 7.05 Å². The molecule has 0 amide bonds. The normalized spacial score (nSPS) is 31.2. The third-order valence-corrected chi connectivity index (χ3v) is 6.20. The van der Waals surface area contributed by atoms with Crippen molar-refractivity contribution in [3.63, 3.8) is 0 Å². The first kappa shape index (κ1) is 22.9. The molecular weight excluding hydrogens is 361 g/mol. The van der Waals surface area contributed by atoms with E-state index in [2.05, 4.69) is 4.99 Å². The second-order valence-electron chi connectivity index (χ2n) is 8.82. The van der Waals surface area contributed by atoms with Crippen LogP contribution in [0.2, 0.25) is 5.31 Å². The molecule has 0 saturated carbocycles. The molecule has 2 aliphatic rings. The highest BCUT2D eigenvalue weighted by Gasteiger charge is 2.59. The van der Waals surface area contributed by atoms with Gasteiger partial charge in [0.25, 0.3) is 0 Å². The van der Waals surface area contributed by atoms with Gasteiger partial charge >= 0.3 is 19.1 Å². The summed E-state index contributed by atoms with van der Waals surface area (Å²) in [4.78, 5) is 28.4. The Morgan fingerprint density at radius 3 is 1.82 bits per heavy atom. The molecule has 0 bridgehead atoms. The smallest absolute Gasteiger partial charge is 0.466 e. The number of carbonyl (C=O) groups excluding carboxylic acids is 2. The van der Waals surface area contributed by atoms with Crippen molar-refractivity contribution in [1.82, 2.24) is 0 Å². The molecule has 2 rings (SSSR count). The standard InChI is InChI=1S/C20H34BNO6/c1-18(2)19(3,4)28-21(27-18)20(5)12-14-26-17(24)10-8-7-9-16(23)25-13-11-15(20)22-6/h7-14H2,1-6H3. The van der Waals surface area contributed by atoms with Gasteiger partial charge in [-0.25, -0.2) is 0 Å². The highest BCUT2D eigenvalue weighted by Crippen LogP contribution is 2.48. The molecule has 2 fully saturated rings. The molecule has 158 valence electrons. The molecule has 0 aromatic carbocycles. The van der Waals surface area contributed by atoms with Gasteiger partial charge in [0.15, 0.2) is 0 Å². The average molecular weight is 395 g/mol. The molecule has 0 aromatic heterocycles. The van der Waals surface area contributed by atoms with Gasteiger partial charge in [-0.3, -0.25) is 14.6 Å². The Bertz CT molecular complexity index is 602. The van der Waals surface area contributed by atoms with Crippen molar-refractivity contribution in [2.24, 2.45) is 4.99 Å². The molecular formula is C20H34BNO6. The van der Waals surface area contributed by atoms with Crippen LogP contribution < -0.4 is 0 Å². The van der Waals surface area contributed by atoms with Gasteiger partial charge in [-0.15, -0.1) is 0 Å². The van der Waals surface area contributed by atoms with Crippen molar-refractivity contribution in [2.75, 3.05) is 20.3 Å². The van der Waals surface area contributed by atoms with Crippen LogP contribution in [-0.4, -0.2) is 56.2 Å². The first-order valence-electron chi connectivity index (χ1n) is 10.1. The fourth-order valence-corrected chi connectivity index (χ4v) is 3.48. The summed E-state index contributed by atoms with van der Waals surface area (Å²) >= 11 is 0. The van der Waals surface area contributed by atoms with Gasteiger partial charge in [0.05, 0.1) is 24.4 Å². The molecule has 0 radical (unpaired) electrons. The monoisotopic (exact) mass is 395 g/mol. The van der Waals surface area contributed by atoms with Crippen LogP contribution in [0.15, 0.2) is 4.99 Å². The van der Waals surface area contributed by atoms with E-state index in [-0.39, 0.29) is 25.2 Å². The second kappa shape index (κ2) is 8.95. The summed E-state index contributed by atoms with van der Waals surface area (Å²) in [6.45, 7) is 10.6. The molecule has 0 spiro atoms. The first-order chi connectivity index (χ1) is 13.0. The van der Waals surface area contributed by atoms with Crippen molar-refractivity contribution in [2.45, 2.75) is 89.7 Å². The largest absolute Gasteiger partial charge is 0.470 e. The van der Waals surface area contributed by atoms with Crippen LogP contribution in [0.5, 0.6) is 0 Å². The highest BCUT2D eigenvalue weighted by atomic mass is 16.7. The van der Waals surface area contributed by atoms with Crippen molar-refractivity contribution in [3.05, 3.63) is 0 Å². The molecule has 0 N–H and O–H groups in total. The SMILES string of the molecule is CN=C1CCOC(=O)CCCCC(=O)OCCC1(C)B1OC(C)(C)C(C)(C)O1. The minimum absolute atomic E-state index is 0.252. The summed E-state index contributed by atoms with van der Waals surface area (Å²) in [6.07, 6.45) is 2.83. The second-order valence-corrected chi connectivity index (χ2v) is 8.82. The number of hydrogen-bond acceptors (Lipinski definition) is 7. The van der Waals surface area contributed by atoms with E-state index >= 15 is 0 Å². The Balaban J connectivity index is 2.25. The van der Waals surface area contributed by atoms with Gasteiger partial charge in [-0.2, -0.15) is 0 Å². The zero-order valence-electron chi connectivity index (χ0n) is 18.1. The predicted molar refractivity (Wildman–Crippen MR) is 107 cm³/mol. The van der Waals surface area contributed by atoms with Gasteiger partial charge < -0.3 is 18.8 Å². The molecule has 2 heterocycles. The van der Waals surface area contributed by atoms with Crippen LogP contribution in [0.3, 0.4) is 0 Å². The Morgan fingerprint density at radius 2 is 1.32 bits per heavy atom. The topological polar surface area (TPSA) is 83.4 Å². The maximum Gasteiger partial charge on any atom is 0.470 e. The minimum Gasteiger partial charge on any atom is -0.466 e. The third-order valence-electron chi connectivity index (χ3n) is 6.20. The highest BCUT2D eigenvalue weighted by molar-refractivity contribution is 6.56. The van der Waals surface area contributed by atoms with E-state index in [0.29, 0.717) is 38.5 Å². The molecule has 0 aromatic rings. The third kappa shape index (κ3) is 5.14. The lowest BCUT2D eigenvalue weighted by molar-refractivity contribution is -0.146. The van der Waals surface area contributed by atoms with Crippen molar-refractivity contribution < 1.29 is 28.4 Å². The summed E-state index contributed by atoms with van der Waals surface area (Å²) in [7, 11) is 1.17.